The number of hydrogen-bond donors (Lipinski definition) is 2. The lowest BCUT2D eigenvalue weighted by atomic mass is 9.91. The van der Waals surface area contributed by atoms with Gasteiger partial charge in [0.15, 0.2) is 5.54 Å². The second-order valence-corrected chi connectivity index (χ2v) is 5.55. The van der Waals surface area contributed by atoms with Crippen LogP contribution in [0.1, 0.15) is 12.5 Å². The summed E-state index contributed by atoms with van der Waals surface area (Å²) in [6.07, 6.45) is 0. The van der Waals surface area contributed by atoms with Gasteiger partial charge in [-0.3, -0.25) is 0 Å². The van der Waals surface area contributed by atoms with Crippen LogP contribution in [0.15, 0.2) is 46.9 Å². The van der Waals surface area contributed by atoms with Gasteiger partial charge in [-0.05, 0) is 58.7 Å². The molecule has 110 valence electrons. The van der Waals surface area contributed by atoms with Crippen molar-refractivity contribution in [2.24, 2.45) is 0 Å². The van der Waals surface area contributed by atoms with Crippen LogP contribution in [0.2, 0.25) is 0 Å². The van der Waals surface area contributed by atoms with Gasteiger partial charge in [0, 0.05) is 5.69 Å². The summed E-state index contributed by atoms with van der Waals surface area (Å²) in [5.74, 6) is -2.13. The van der Waals surface area contributed by atoms with Crippen LogP contribution in [-0.2, 0) is 10.3 Å². The first-order chi connectivity index (χ1) is 9.83. The van der Waals surface area contributed by atoms with Crippen molar-refractivity contribution in [1.82, 2.24) is 0 Å². The van der Waals surface area contributed by atoms with Crippen molar-refractivity contribution in [2.45, 2.75) is 12.5 Å². The zero-order chi connectivity index (χ0) is 15.6. The van der Waals surface area contributed by atoms with E-state index in [9.17, 15) is 18.7 Å². The lowest BCUT2D eigenvalue weighted by Crippen LogP contribution is -2.40. The molecule has 0 bridgehead atoms. The van der Waals surface area contributed by atoms with Crippen molar-refractivity contribution in [2.75, 3.05) is 5.32 Å². The molecular formula is C15H12BrF2NO2. The van der Waals surface area contributed by atoms with E-state index >= 15 is 0 Å². The molecular weight excluding hydrogens is 344 g/mol. The number of carboxylic acids is 1. The van der Waals surface area contributed by atoms with E-state index in [-0.39, 0.29) is 4.47 Å². The van der Waals surface area contributed by atoms with Crippen molar-refractivity contribution < 1.29 is 18.7 Å². The molecule has 1 unspecified atom stereocenters. The second-order valence-electron chi connectivity index (χ2n) is 4.69. The first-order valence-electron chi connectivity index (χ1n) is 6.05. The fraction of sp³-hybridized carbons (Fsp3) is 0.133. The van der Waals surface area contributed by atoms with Crippen molar-refractivity contribution in [3.8, 4) is 0 Å². The maximum Gasteiger partial charge on any atom is 0.333 e. The van der Waals surface area contributed by atoms with E-state index in [1.54, 1.807) is 6.07 Å². The normalized spacial score (nSPS) is 13.5. The van der Waals surface area contributed by atoms with Crippen LogP contribution in [0.5, 0.6) is 0 Å². The minimum Gasteiger partial charge on any atom is -0.479 e. The molecule has 21 heavy (non-hydrogen) atoms. The maximum absolute atomic E-state index is 13.3. The Hall–Kier alpha value is -1.95. The number of carbonyl (C=O) groups is 1. The SMILES string of the molecule is CC(Nc1cccc(F)c1)(C(=O)O)c1ccc(F)c(Br)c1. The molecule has 2 aromatic carbocycles. The molecule has 1 atom stereocenters. The first-order valence-corrected chi connectivity index (χ1v) is 6.85. The van der Waals surface area contributed by atoms with Crippen molar-refractivity contribution >= 4 is 27.6 Å². The van der Waals surface area contributed by atoms with Crippen LogP contribution in [0, 0.1) is 11.6 Å². The van der Waals surface area contributed by atoms with Crippen LogP contribution < -0.4 is 5.32 Å². The third kappa shape index (κ3) is 3.21. The standard InChI is InChI=1S/C15H12BrF2NO2/c1-15(14(20)21,9-5-6-13(18)12(16)7-9)19-11-4-2-3-10(17)8-11/h2-8,19H,1H3,(H,20,21). The molecule has 3 nitrogen and oxygen atoms in total. The van der Waals surface area contributed by atoms with E-state index in [1.807, 2.05) is 0 Å². The third-order valence-corrected chi connectivity index (χ3v) is 3.75. The molecule has 6 heteroatoms. The van der Waals surface area contributed by atoms with E-state index in [0.717, 1.165) is 0 Å². The summed E-state index contributed by atoms with van der Waals surface area (Å²) in [5.41, 5.74) is -0.864. The molecule has 0 spiro atoms. The van der Waals surface area contributed by atoms with Gasteiger partial charge in [-0.2, -0.15) is 0 Å². The molecule has 0 saturated heterocycles. The summed E-state index contributed by atoms with van der Waals surface area (Å²) in [4.78, 5) is 11.6. The Balaban J connectivity index is 2.45. The lowest BCUT2D eigenvalue weighted by molar-refractivity contribution is -0.142. The van der Waals surface area contributed by atoms with E-state index < -0.39 is 23.1 Å². The number of halogens is 3. The predicted molar refractivity (Wildman–Crippen MR) is 79.1 cm³/mol. The Morgan fingerprint density at radius 3 is 2.52 bits per heavy atom. The lowest BCUT2D eigenvalue weighted by Gasteiger charge is -2.28. The highest BCUT2D eigenvalue weighted by Crippen LogP contribution is 2.30. The number of hydrogen-bond acceptors (Lipinski definition) is 2. The molecule has 0 amide bonds. The van der Waals surface area contributed by atoms with E-state index in [4.69, 9.17) is 0 Å². The van der Waals surface area contributed by atoms with Gasteiger partial charge in [0.25, 0.3) is 0 Å². The number of aliphatic carboxylic acids is 1. The monoisotopic (exact) mass is 355 g/mol. The number of benzene rings is 2. The molecule has 0 aliphatic carbocycles. The van der Waals surface area contributed by atoms with E-state index in [1.165, 1.54) is 43.3 Å². The zero-order valence-electron chi connectivity index (χ0n) is 11.0. The molecule has 0 saturated carbocycles. The number of anilines is 1. The first kappa shape index (κ1) is 15.4. The Morgan fingerprint density at radius 1 is 1.24 bits per heavy atom. The molecule has 0 fully saturated rings. The summed E-state index contributed by atoms with van der Waals surface area (Å²) in [6.45, 7) is 1.43. The Kier molecular flexibility index (Phi) is 4.27. The quantitative estimate of drug-likeness (QED) is 0.866. The van der Waals surface area contributed by atoms with Crippen LogP contribution in [0.3, 0.4) is 0 Å². The molecule has 2 aromatic rings. The Morgan fingerprint density at radius 2 is 1.95 bits per heavy atom. The highest BCUT2D eigenvalue weighted by atomic mass is 79.9. The summed E-state index contributed by atoms with van der Waals surface area (Å²) in [5, 5.41) is 12.3. The van der Waals surface area contributed by atoms with Gasteiger partial charge in [0.1, 0.15) is 11.6 Å². The fourth-order valence-corrected chi connectivity index (χ4v) is 2.29. The largest absolute Gasteiger partial charge is 0.479 e. The Labute approximate surface area is 128 Å². The molecule has 2 rings (SSSR count). The van der Waals surface area contributed by atoms with Gasteiger partial charge in [-0.25, -0.2) is 13.6 Å². The highest BCUT2D eigenvalue weighted by molar-refractivity contribution is 9.10. The van der Waals surface area contributed by atoms with Crippen LogP contribution >= 0.6 is 15.9 Å². The second kappa shape index (κ2) is 5.81. The van der Waals surface area contributed by atoms with Crippen molar-refractivity contribution in [3.63, 3.8) is 0 Å². The van der Waals surface area contributed by atoms with Gasteiger partial charge in [0.05, 0.1) is 4.47 Å². The van der Waals surface area contributed by atoms with Crippen LogP contribution in [-0.4, -0.2) is 11.1 Å². The summed E-state index contributed by atoms with van der Waals surface area (Å²) in [6, 6.07) is 9.42. The summed E-state index contributed by atoms with van der Waals surface area (Å²) >= 11 is 3.03. The molecule has 2 N–H and O–H groups in total. The third-order valence-electron chi connectivity index (χ3n) is 3.14. The molecule has 0 heterocycles. The molecule has 0 aliphatic heterocycles. The molecule has 0 aliphatic rings. The number of carboxylic acid groups (broad SMARTS) is 1. The minimum absolute atomic E-state index is 0.161. The molecule has 0 aromatic heterocycles. The van der Waals surface area contributed by atoms with Crippen molar-refractivity contribution in [1.29, 1.82) is 0 Å². The van der Waals surface area contributed by atoms with E-state index in [0.29, 0.717) is 11.3 Å². The van der Waals surface area contributed by atoms with Gasteiger partial charge < -0.3 is 10.4 Å². The fourth-order valence-electron chi connectivity index (χ4n) is 1.91. The van der Waals surface area contributed by atoms with Gasteiger partial charge in [0.2, 0.25) is 0 Å². The van der Waals surface area contributed by atoms with Crippen LogP contribution in [0.4, 0.5) is 14.5 Å². The topological polar surface area (TPSA) is 49.3 Å². The van der Waals surface area contributed by atoms with Crippen LogP contribution in [0.25, 0.3) is 0 Å². The highest BCUT2D eigenvalue weighted by Gasteiger charge is 2.35. The average Bonchev–Trinajstić information content (AvgIpc) is 2.41. The Bertz CT molecular complexity index is 693. The van der Waals surface area contributed by atoms with E-state index in [2.05, 4.69) is 21.2 Å². The number of nitrogens with one attached hydrogen (secondary N) is 1. The number of rotatable bonds is 4. The van der Waals surface area contributed by atoms with Crippen molar-refractivity contribution in [3.05, 3.63) is 64.1 Å². The van der Waals surface area contributed by atoms with Gasteiger partial charge in [-0.15, -0.1) is 0 Å². The zero-order valence-corrected chi connectivity index (χ0v) is 12.6. The smallest absolute Gasteiger partial charge is 0.333 e. The van der Waals surface area contributed by atoms with Gasteiger partial charge >= 0.3 is 5.97 Å². The predicted octanol–water partition coefficient (Wildman–Crippen LogP) is 4.14. The summed E-state index contributed by atoms with van der Waals surface area (Å²) in [7, 11) is 0. The minimum atomic E-state index is -1.52. The molecule has 0 radical (unpaired) electrons. The summed E-state index contributed by atoms with van der Waals surface area (Å²) < 4.78 is 26.7. The van der Waals surface area contributed by atoms with Gasteiger partial charge in [-0.1, -0.05) is 12.1 Å². The average molecular weight is 356 g/mol. The maximum atomic E-state index is 13.3.